The third-order valence-electron chi connectivity index (χ3n) is 8.90. The third-order valence-corrected chi connectivity index (χ3v) is 8.90. The molecule has 0 radical (unpaired) electrons. The number of carbonyl (C=O) groups excluding carboxylic acids is 3. The molecule has 0 spiro atoms. The molecule has 9 heteroatoms. The fraction of sp³-hybridized carbons (Fsp3) is 0.640. The molecule has 0 aromatic heterocycles. The number of aliphatic carboxylic acids is 1. The van der Waals surface area contributed by atoms with Crippen LogP contribution in [0.4, 0.5) is 0 Å². The predicted molar refractivity (Wildman–Crippen MR) is 115 cm³/mol. The zero-order valence-electron chi connectivity index (χ0n) is 20.0. The first-order valence-electron chi connectivity index (χ1n) is 11.6. The summed E-state index contributed by atoms with van der Waals surface area (Å²) in [6.07, 6.45) is 6.10. The van der Waals surface area contributed by atoms with Crippen LogP contribution in [-0.2, 0) is 23.9 Å². The van der Waals surface area contributed by atoms with Crippen molar-refractivity contribution in [3.05, 3.63) is 30.4 Å². The van der Waals surface area contributed by atoms with Gasteiger partial charge in [0.15, 0.2) is 5.78 Å². The Hall–Kier alpha value is -1.45. The monoisotopic (exact) mass is 482 g/mol. The van der Waals surface area contributed by atoms with Gasteiger partial charge in [-0.3, -0.25) is 14.4 Å². The summed E-state index contributed by atoms with van der Waals surface area (Å²) in [5, 5.41) is 31.5. The van der Waals surface area contributed by atoms with Crippen molar-refractivity contribution in [2.75, 3.05) is 0 Å². The summed E-state index contributed by atoms with van der Waals surface area (Å²) in [6, 6.07) is 0. The average Bonchev–Trinajstić information content (AvgIpc) is 3.02. The molecular formula is C25H31NaO8. The Labute approximate surface area is 221 Å². The van der Waals surface area contributed by atoms with Crippen LogP contribution in [0.1, 0.15) is 58.8 Å². The number of esters is 1. The summed E-state index contributed by atoms with van der Waals surface area (Å²) in [4.78, 5) is 47.3. The first kappa shape index (κ1) is 27.1. The molecule has 0 saturated heterocycles. The van der Waals surface area contributed by atoms with E-state index in [4.69, 9.17) is 9.84 Å². The van der Waals surface area contributed by atoms with E-state index in [-0.39, 0.29) is 72.4 Å². The Kier molecular flexibility index (Phi) is 7.62. The van der Waals surface area contributed by atoms with Gasteiger partial charge in [-0.25, -0.2) is 0 Å². The predicted octanol–water partition coefficient (Wildman–Crippen LogP) is -0.861. The molecule has 1 unspecified atom stereocenters. The van der Waals surface area contributed by atoms with E-state index in [1.165, 1.54) is 0 Å². The second kappa shape index (κ2) is 9.54. The molecule has 0 heterocycles. The molecule has 4 aliphatic carbocycles. The minimum atomic E-state index is -1.79. The zero-order valence-corrected chi connectivity index (χ0v) is 22.0. The summed E-state index contributed by atoms with van der Waals surface area (Å²) < 4.78 is 4.84. The van der Waals surface area contributed by atoms with E-state index < -0.39 is 46.7 Å². The standard InChI is InChI=1S/C25H31O8.Na/c1-23-9-7-15(26)11-14(23)3-4-16-17-8-10-25(32,24(17,2)12-18(27)22(16)23)19(28)13-33-21(31)6-5-20(29)30;/h7,9,11,13,16-18,22,27,32H,3-6,8,10,12H2,1-2H3,(H,29,30);/q-1;+1/t16-,17-,18?,22+,23-,24-,25-;/m0./s1. The molecule has 0 aliphatic heterocycles. The van der Waals surface area contributed by atoms with E-state index in [1.54, 1.807) is 12.2 Å². The second-order valence-corrected chi connectivity index (χ2v) is 10.5. The largest absolute Gasteiger partial charge is 1.00 e. The fourth-order valence-electron chi connectivity index (χ4n) is 7.22. The van der Waals surface area contributed by atoms with Crippen LogP contribution in [-0.4, -0.2) is 50.5 Å². The topological polar surface area (TPSA) is 138 Å². The van der Waals surface area contributed by atoms with Gasteiger partial charge in [-0.15, -0.1) is 0 Å². The van der Waals surface area contributed by atoms with Crippen LogP contribution in [0.2, 0.25) is 0 Å². The number of ketones is 2. The smallest absolute Gasteiger partial charge is 0.610 e. The molecule has 7 atom stereocenters. The number of hydrogen-bond donors (Lipinski definition) is 3. The third kappa shape index (κ3) is 4.22. The molecule has 0 bridgehead atoms. The Morgan fingerprint density at radius 3 is 2.59 bits per heavy atom. The molecule has 34 heavy (non-hydrogen) atoms. The maximum absolute atomic E-state index is 13.0. The van der Waals surface area contributed by atoms with Gasteiger partial charge in [-0.1, -0.05) is 25.5 Å². The van der Waals surface area contributed by atoms with Gasteiger partial charge in [0.05, 0.1) is 24.7 Å². The molecule has 0 aromatic rings. The van der Waals surface area contributed by atoms with Crippen molar-refractivity contribution in [1.82, 2.24) is 0 Å². The number of hydrogen-bond acceptors (Lipinski definition) is 7. The van der Waals surface area contributed by atoms with Crippen molar-refractivity contribution in [3.8, 4) is 0 Å². The number of ether oxygens (including phenoxy) is 1. The van der Waals surface area contributed by atoms with Gasteiger partial charge < -0.3 is 24.9 Å². The van der Waals surface area contributed by atoms with Crippen LogP contribution in [0.15, 0.2) is 23.8 Å². The Bertz CT molecular complexity index is 957. The van der Waals surface area contributed by atoms with Crippen LogP contribution in [0.3, 0.4) is 0 Å². The van der Waals surface area contributed by atoms with Crippen LogP contribution >= 0.6 is 0 Å². The van der Waals surface area contributed by atoms with E-state index in [0.29, 0.717) is 13.0 Å². The van der Waals surface area contributed by atoms with E-state index in [9.17, 15) is 29.4 Å². The molecule has 8 nitrogen and oxygen atoms in total. The quantitative estimate of drug-likeness (QED) is 0.253. The van der Waals surface area contributed by atoms with Crippen molar-refractivity contribution in [2.24, 2.45) is 28.6 Å². The zero-order chi connectivity index (χ0) is 24.2. The summed E-state index contributed by atoms with van der Waals surface area (Å²) in [5.41, 5.74) is -2.09. The van der Waals surface area contributed by atoms with E-state index in [2.05, 4.69) is 6.92 Å². The molecule has 3 saturated carbocycles. The van der Waals surface area contributed by atoms with Crippen molar-refractivity contribution in [1.29, 1.82) is 0 Å². The van der Waals surface area contributed by atoms with E-state index >= 15 is 0 Å². The van der Waals surface area contributed by atoms with Gasteiger partial charge in [0, 0.05) is 16.7 Å². The molecule has 4 rings (SSSR count). The molecule has 0 amide bonds. The minimum absolute atomic E-state index is 0. The van der Waals surface area contributed by atoms with Gasteiger partial charge in [0.2, 0.25) is 0 Å². The van der Waals surface area contributed by atoms with Gasteiger partial charge in [0.1, 0.15) is 5.60 Å². The summed E-state index contributed by atoms with van der Waals surface area (Å²) >= 11 is 0. The van der Waals surface area contributed by atoms with Crippen molar-refractivity contribution in [2.45, 2.75) is 70.5 Å². The van der Waals surface area contributed by atoms with Crippen molar-refractivity contribution in [3.63, 3.8) is 0 Å². The number of rotatable bonds is 6. The maximum Gasteiger partial charge on any atom is 1.00 e. The van der Waals surface area contributed by atoms with Crippen molar-refractivity contribution >= 4 is 23.5 Å². The van der Waals surface area contributed by atoms with Gasteiger partial charge in [-0.2, -0.15) is 6.61 Å². The number of carboxylic acids is 1. The molecule has 180 valence electrons. The SMILES string of the molecule is C[C@]12C=CC(=O)C=C1CC[C@@H]1[C@@H]2C(O)C[C@@]2(C)[C@H]1CC[C@]2(O)C(=O)[CH-]OC(=O)CCC(=O)O.[Na+]. The maximum atomic E-state index is 13.0. The van der Waals surface area contributed by atoms with E-state index in [1.807, 2.05) is 13.0 Å². The Morgan fingerprint density at radius 2 is 1.91 bits per heavy atom. The molecular weight excluding hydrogens is 451 g/mol. The average molecular weight is 483 g/mol. The summed E-state index contributed by atoms with van der Waals surface area (Å²) in [7, 11) is 0. The van der Waals surface area contributed by atoms with Crippen LogP contribution < -0.4 is 29.6 Å². The van der Waals surface area contributed by atoms with Gasteiger partial charge in [0.25, 0.3) is 5.97 Å². The first-order valence-corrected chi connectivity index (χ1v) is 11.6. The number of aliphatic hydroxyl groups is 2. The number of carbonyl (C=O) groups is 4. The Morgan fingerprint density at radius 1 is 1.21 bits per heavy atom. The number of aliphatic hydroxyl groups excluding tert-OH is 1. The first-order chi connectivity index (χ1) is 15.4. The number of allylic oxidation sites excluding steroid dienone is 4. The molecule has 4 aliphatic rings. The molecule has 0 aromatic carbocycles. The molecule has 3 fully saturated rings. The normalized spacial score (nSPS) is 40.1. The van der Waals surface area contributed by atoms with Crippen LogP contribution in [0.5, 0.6) is 0 Å². The van der Waals surface area contributed by atoms with E-state index in [0.717, 1.165) is 18.4 Å². The van der Waals surface area contributed by atoms with Crippen LogP contribution in [0, 0.1) is 35.2 Å². The number of carboxylic acid groups (broad SMARTS) is 1. The van der Waals surface area contributed by atoms with Crippen LogP contribution in [0.25, 0.3) is 0 Å². The van der Waals surface area contributed by atoms with Gasteiger partial charge >= 0.3 is 35.5 Å². The number of fused-ring (bicyclic) bond motifs is 5. The Balaban J connectivity index is 0.00000324. The minimum Gasteiger partial charge on any atom is -0.610 e. The second-order valence-electron chi connectivity index (χ2n) is 10.5. The van der Waals surface area contributed by atoms with Crippen molar-refractivity contribution < 1.29 is 68.8 Å². The summed E-state index contributed by atoms with van der Waals surface area (Å²) in [5.74, 6) is -2.83. The van der Waals surface area contributed by atoms with Gasteiger partial charge in [-0.05, 0) is 56.1 Å². The molecule has 3 N–H and O–H groups in total. The summed E-state index contributed by atoms with van der Waals surface area (Å²) in [6.45, 7) is 4.59. The fourth-order valence-corrected chi connectivity index (χ4v) is 7.22. The number of Topliss-reactive ketones (excluding diaryl/α,β-unsaturated/α-hetero) is 1.